The van der Waals surface area contributed by atoms with Gasteiger partial charge in [-0.1, -0.05) is 109 Å². The smallest absolute Gasteiger partial charge is 0.340 e. The van der Waals surface area contributed by atoms with Crippen LogP contribution in [0.4, 0.5) is 5.95 Å². The Kier molecular flexibility index (Phi) is 9.25. The van der Waals surface area contributed by atoms with Crippen molar-refractivity contribution < 1.29 is 31.6 Å². The van der Waals surface area contributed by atoms with E-state index in [9.17, 15) is 13.2 Å². The van der Waals surface area contributed by atoms with E-state index < -0.39 is 40.1 Å². The summed E-state index contributed by atoms with van der Waals surface area (Å²) in [4.78, 5) is 25.0. The molecule has 0 amide bonds. The highest BCUT2D eigenvalue weighted by Crippen LogP contribution is 2.42. The van der Waals surface area contributed by atoms with Gasteiger partial charge in [-0.2, -0.15) is 18.4 Å². The molecule has 0 bridgehead atoms. The first-order valence-corrected chi connectivity index (χ1v) is 17.7. The number of ether oxygens (including phenoxy) is 3. The second-order valence-corrected chi connectivity index (χ2v) is 13.7. The van der Waals surface area contributed by atoms with Gasteiger partial charge in [0.25, 0.3) is 5.88 Å². The molecule has 260 valence electrons. The van der Waals surface area contributed by atoms with Crippen LogP contribution in [0.2, 0.25) is 0 Å². The zero-order valence-corrected chi connectivity index (χ0v) is 28.6. The van der Waals surface area contributed by atoms with Gasteiger partial charge in [-0.15, -0.1) is 0 Å². The van der Waals surface area contributed by atoms with Crippen LogP contribution in [-0.2, 0) is 34.7 Å². The van der Waals surface area contributed by atoms with Gasteiger partial charge in [-0.05, 0) is 35.7 Å². The zero-order valence-electron chi connectivity index (χ0n) is 27.8. The van der Waals surface area contributed by atoms with Crippen molar-refractivity contribution in [3.63, 3.8) is 0 Å². The van der Waals surface area contributed by atoms with Crippen molar-refractivity contribution in [2.24, 2.45) is 0 Å². The number of esters is 1. The Morgan fingerprint density at radius 3 is 2.00 bits per heavy atom. The van der Waals surface area contributed by atoms with Gasteiger partial charge in [0.15, 0.2) is 17.4 Å². The molecule has 2 N–H and O–H groups in total. The Bertz CT molecular complexity index is 2150. The lowest BCUT2D eigenvalue weighted by Gasteiger charge is -2.36. The molecule has 6 aromatic rings. The Morgan fingerprint density at radius 2 is 1.45 bits per heavy atom. The minimum atomic E-state index is -4.29. The molecule has 1 aliphatic heterocycles. The predicted octanol–water partition coefficient (Wildman–Crippen LogP) is 5.71. The van der Waals surface area contributed by atoms with Gasteiger partial charge in [-0.25, -0.2) is 4.98 Å². The second kappa shape index (κ2) is 13.9. The van der Waals surface area contributed by atoms with E-state index in [1.807, 2.05) is 97.9 Å². The molecule has 4 aromatic carbocycles. The summed E-state index contributed by atoms with van der Waals surface area (Å²) in [6, 6.07) is 36.1. The molecule has 12 nitrogen and oxygen atoms in total. The van der Waals surface area contributed by atoms with Crippen LogP contribution in [0.1, 0.15) is 41.8 Å². The molecule has 51 heavy (non-hydrogen) atoms. The standard InChI is InChI=1S/C38H35N5O7S/c1-25-18-20-31(21-19-25)51(45,46)50-35-33-34(41-37(39)42-35)43(24-40-33)36-32(48-26(2)44)22-30(49-36)23-47-38(27-12-6-3-7-13-27,28-14-8-4-9-15-28)29-16-10-5-11-17-29/h3-21,24,30,32,36H,22-23H2,1-2H3,(H2,39,41,42)/t30-,32+,36+/m0/s1. The summed E-state index contributed by atoms with van der Waals surface area (Å²) < 4.78 is 52.6. The van der Waals surface area contributed by atoms with Crippen LogP contribution < -0.4 is 9.92 Å². The van der Waals surface area contributed by atoms with E-state index in [2.05, 4.69) is 15.0 Å². The van der Waals surface area contributed by atoms with E-state index in [0.29, 0.717) is 0 Å². The van der Waals surface area contributed by atoms with E-state index >= 15 is 0 Å². The second-order valence-electron chi connectivity index (χ2n) is 12.2. The molecule has 0 spiro atoms. The first-order valence-electron chi connectivity index (χ1n) is 16.3. The van der Waals surface area contributed by atoms with E-state index in [1.165, 1.54) is 30.0 Å². The molecule has 0 radical (unpaired) electrons. The third-order valence-corrected chi connectivity index (χ3v) is 9.90. The van der Waals surface area contributed by atoms with Crippen LogP contribution in [0.3, 0.4) is 0 Å². The van der Waals surface area contributed by atoms with Crippen molar-refractivity contribution in [2.75, 3.05) is 12.3 Å². The molecule has 13 heteroatoms. The average Bonchev–Trinajstić information content (AvgIpc) is 3.73. The maximum absolute atomic E-state index is 13.2. The molecule has 0 unspecified atom stereocenters. The summed E-state index contributed by atoms with van der Waals surface area (Å²) >= 11 is 0. The van der Waals surface area contributed by atoms with Crippen molar-refractivity contribution >= 4 is 33.2 Å². The van der Waals surface area contributed by atoms with Gasteiger partial charge in [0.2, 0.25) is 5.95 Å². The fraction of sp³-hybridized carbons (Fsp3) is 0.211. The summed E-state index contributed by atoms with van der Waals surface area (Å²) in [5.74, 6) is -1.11. The van der Waals surface area contributed by atoms with E-state index in [1.54, 1.807) is 12.1 Å². The summed E-state index contributed by atoms with van der Waals surface area (Å²) in [5, 5.41) is 0. The Balaban J connectivity index is 1.22. The van der Waals surface area contributed by atoms with E-state index in [-0.39, 0.29) is 40.9 Å². The number of nitrogen functional groups attached to an aromatic ring is 1. The fourth-order valence-corrected chi connectivity index (χ4v) is 7.27. The number of rotatable bonds is 11. The van der Waals surface area contributed by atoms with Crippen LogP contribution in [0.15, 0.2) is 126 Å². The number of imidazole rings is 1. The maximum Gasteiger partial charge on any atom is 0.340 e. The van der Waals surface area contributed by atoms with E-state index in [4.69, 9.17) is 24.1 Å². The van der Waals surface area contributed by atoms with Gasteiger partial charge in [0.05, 0.1) is 19.0 Å². The van der Waals surface area contributed by atoms with E-state index in [0.717, 1.165) is 22.3 Å². The van der Waals surface area contributed by atoms with Crippen LogP contribution in [-0.4, -0.2) is 52.7 Å². The van der Waals surface area contributed by atoms with Crippen molar-refractivity contribution in [1.82, 2.24) is 19.5 Å². The third kappa shape index (κ3) is 6.78. The van der Waals surface area contributed by atoms with Crippen molar-refractivity contribution in [2.45, 2.75) is 49.2 Å². The number of hydrogen-bond donors (Lipinski definition) is 1. The first kappa shape index (κ1) is 33.8. The van der Waals surface area contributed by atoms with Crippen molar-refractivity contribution in [3.05, 3.63) is 144 Å². The molecular weight excluding hydrogens is 671 g/mol. The Labute approximate surface area is 294 Å². The molecule has 2 aromatic heterocycles. The lowest BCUT2D eigenvalue weighted by Crippen LogP contribution is -2.35. The maximum atomic E-state index is 13.2. The highest BCUT2D eigenvalue weighted by Gasteiger charge is 2.43. The molecule has 1 fully saturated rings. The average molecular weight is 706 g/mol. The van der Waals surface area contributed by atoms with Gasteiger partial charge < -0.3 is 24.1 Å². The molecule has 1 saturated heterocycles. The minimum absolute atomic E-state index is 0.0287. The first-order chi connectivity index (χ1) is 24.6. The lowest BCUT2D eigenvalue weighted by atomic mass is 9.80. The Morgan fingerprint density at radius 1 is 0.882 bits per heavy atom. The third-order valence-electron chi connectivity index (χ3n) is 8.67. The number of benzene rings is 4. The molecule has 0 saturated carbocycles. The number of anilines is 1. The van der Waals surface area contributed by atoms with Gasteiger partial charge in [0, 0.05) is 13.3 Å². The monoisotopic (exact) mass is 705 g/mol. The van der Waals surface area contributed by atoms with Gasteiger partial charge in [0.1, 0.15) is 16.6 Å². The van der Waals surface area contributed by atoms with Crippen LogP contribution in [0.5, 0.6) is 5.88 Å². The molecular formula is C38H35N5O7S. The summed E-state index contributed by atoms with van der Waals surface area (Å²) in [6.45, 7) is 3.27. The normalized spacial score (nSPS) is 17.7. The number of aromatic nitrogens is 4. The Hall–Kier alpha value is -5.63. The van der Waals surface area contributed by atoms with Crippen molar-refractivity contribution in [1.29, 1.82) is 0 Å². The fourth-order valence-electron chi connectivity index (χ4n) is 6.38. The van der Waals surface area contributed by atoms with Gasteiger partial charge in [-0.3, -0.25) is 9.36 Å². The number of nitrogens with two attached hydrogens (primary N) is 1. The molecule has 3 heterocycles. The number of carbonyl (C=O) groups excluding carboxylic acids is 1. The largest absolute Gasteiger partial charge is 0.458 e. The van der Waals surface area contributed by atoms with Crippen LogP contribution in [0.25, 0.3) is 11.2 Å². The summed E-state index contributed by atoms with van der Waals surface area (Å²) in [6.07, 6.45) is -0.558. The highest BCUT2D eigenvalue weighted by molar-refractivity contribution is 7.87. The molecule has 7 rings (SSSR count). The quantitative estimate of drug-likeness (QED) is 0.1000. The molecule has 0 aliphatic carbocycles. The number of fused-ring (bicyclic) bond motifs is 1. The number of hydrogen-bond acceptors (Lipinski definition) is 11. The van der Waals surface area contributed by atoms with Crippen LogP contribution in [0, 0.1) is 6.92 Å². The molecule has 3 atom stereocenters. The SMILES string of the molecule is CC(=O)O[C@@H]1C[C@@H](COC(c2ccccc2)(c2ccccc2)c2ccccc2)O[C@H]1n1cnc2c(OS(=O)(=O)c3ccc(C)cc3)nc(N)nc21. The minimum Gasteiger partial charge on any atom is -0.458 e. The van der Waals surface area contributed by atoms with Crippen LogP contribution >= 0.6 is 0 Å². The summed E-state index contributed by atoms with van der Waals surface area (Å²) in [7, 11) is -4.29. The zero-order chi connectivity index (χ0) is 35.6. The predicted molar refractivity (Wildman–Crippen MR) is 188 cm³/mol. The number of carbonyl (C=O) groups is 1. The highest BCUT2D eigenvalue weighted by atomic mass is 32.2. The number of nitrogens with zero attached hydrogens (tertiary/aromatic N) is 4. The topological polar surface area (TPSA) is 158 Å². The van der Waals surface area contributed by atoms with Gasteiger partial charge >= 0.3 is 16.1 Å². The lowest BCUT2D eigenvalue weighted by molar-refractivity contribution is -0.152. The summed E-state index contributed by atoms with van der Waals surface area (Å²) in [5.41, 5.74) is 8.87. The number of aryl methyl sites for hydroxylation is 1. The molecule has 1 aliphatic rings. The van der Waals surface area contributed by atoms with Crippen molar-refractivity contribution in [3.8, 4) is 5.88 Å².